The van der Waals surface area contributed by atoms with Crippen LogP contribution in [0.15, 0.2) is 33.3 Å². The van der Waals surface area contributed by atoms with Gasteiger partial charge in [-0.05, 0) is 35.0 Å². The Labute approximate surface area is 164 Å². The summed E-state index contributed by atoms with van der Waals surface area (Å²) in [7, 11) is 0. The number of carbonyl (C=O) groups excluding carboxylic acids is 3. The number of anilines is 1. The predicted octanol–water partition coefficient (Wildman–Crippen LogP) is 2.78. The Hall–Kier alpha value is -2.68. The molecular weight excluding hydrogens is 418 g/mol. The van der Waals surface area contributed by atoms with Crippen LogP contribution in [0.5, 0.6) is 0 Å². The Balaban J connectivity index is 1.81. The van der Waals surface area contributed by atoms with Crippen molar-refractivity contribution in [3.63, 3.8) is 0 Å². The van der Waals surface area contributed by atoms with E-state index in [0.29, 0.717) is 17.1 Å². The number of benzene rings is 1. The largest absolute Gasteiger partial charge is 0.452 e. The summed E-state index contributed by atoms with van der Waals surface area (Å²) in [6.45, 7) is 4.57. The highest BCUT2D eigenvalue weighted by Gasteiger charge is 2.24. The minimum absolute atomic E-state index is 0.0522. The Morgan fingerprint density at radius 2 is 1.93 bits per heavy atom. The van der Waals surface area contributed by atoms with Crippen LogP contribution < -0.4 is 10.6 Å². The summed E-state index contributed by atoms with van der Waals surface area (Å²) in [4.78, 5) is 35.9. The SMILES string of the molecule is Cc1noc(C(C)C)c1C(=O)OCC(=O)NCC(=O)Nc1ccccc1Br. The summed E-state index contributed by atoms with van der Waals surface area (Å²) in [6, 6.07) is 7.10. The quantitative estimate of drug-likeness (QED) is 0.644. The van der Waals surface area contributed by atoms with E-state index in [2.05, 4.69) is 31.7 Å². The molecule has 144 valence electrons. The molecule has 27 heavy (non-hydrogen) atoms. The fraction of sp³-hybridized carbons (Fsp3) is 0.333. The molecule has 9 heteroatoms. The predicted molar refractivity (Wildman–Crippen MR) is 101 cm³/mol. The molecule has 1 aromatic heterocycles. The lowest BCUT2D eigenvalue weighted by molar-refractivity contribution is -0.126. The van der Waals surface area contributed by atoms with Gasteiger partial charge in [-0.25, -0.2) is 4.79 Å². The highest BCUT2D eigenvalue weighted by Crippen LogP contribution is 2.23. The molecule has 0 aliphatic rings. The monoisotopic (exact) mass is 437 g/mol. The smallest absolute Gasteiger partial charge is 0.344 e. The molecule has 0 bridgehead atoms. The molecule has 2 amide bonds. The van der Waals surface area contributed by atoms with Gasteiger partial charge < -0.3 is 19.9 Å². The molecule has 0 aliphatic heterocycles. The number of aromatic nitrogens is 1. The molecule has 0 atom stereocenters. The van der Waals surface area contributed by atoms with Crippen LogP contribution in [0.4, 0.5) is 5.69 Å². The zero-order chi connectivity index (χ0) is 20.0. The minimum Gasteiger partial charge on any atom is -0.452 e. The first-order valence-corrected chi connectivity index (χ1v) is 9.03. The van der Waals surface area contributed by atoms with Crippen LogP contribution in [0.3, 0.4) is 0 Å². The van der Waals surface area contributed by atoms with Gasteiger partial charge in [0.1, 0.15) is 5.56 Å². The molecule has 0 aliphatic carbocycles. The Kier molecular flexibility index (Phi) is 7.12. The van der Waals surface area contributed by atoms with Gasteiger partial charge in [0.05, 0.1) is 17.9 Å². The number of para-hydroxylation sites is 1. The average Bonchev–Trinajstić information content (AvgIpc) is 3.02. The molecule has 8 nitrogen and oxygen atoms in total. The van der Waals surface area contributed by atoms with Crippen LogP contribution in [0.1, 0.15) is 41.6 Å². The summed E-state index contributed by atoms with van der Waals surface area (Å²) in [5, 5.41) is 8.80. The topological polar surface area (TPSA) is 111 Å². The normalized spacial score (nSPS) is 10.6. The number of esters is 1. The van der Waals surface area contributed by atoms with Crippen LogP contribution >= 0.6 is 15.9 Å². The van der Waals surface area contributed by atoms with E-state index in [-0.39, 0.29) is 18.0 Å². The number of hydrogen-bond acceptors (Lipinski definition) is 6. The minimum atomic E-state index is -0.690. The number of rotatable bonds is 7. The molecule has 0 spiro atoms. The fourth-order valence-corrected chi connectivity index (χ4v) is 2.60. The Morgan fingerprint density at radius 3 is 2.59 bits per heavy atom. The van der Waals surface area contributed by atoms with Crippen molar-refractivity contribution in [2.24, 2.45) is 0 Å². The summed E-state index contributed by atoms with van der Waals surface area (Å²) >= 11 is 3.31. The van der Waals surface area contributed by atoms with Gasteiger partial charge in [-0.1, -0.05) is 31.1 Å². The van der Waals surface area contributed by atoms with Crippen molar-refractivity contribution in [2.75, 3.05) is 18.5 Å². The first kappa shape index (κ1) is 20.6. The second-order valence-electron chi connectivity index (χ2n) is 6.04. The van der Waals surface area contributed by atoms with Crippen molar-refractivity contribution in [1.29, 1.82) is 0 Å². The van der Waals surface area contributed by atoms with Crippen LogP contribution in [-0.2, 0) is 14.3 Å². The maximum absolute atomic E-state index is 12.2. The van der Waals surface area contributed by atoms with Crippen molar-refractivity contribution >= 4 is 39.4 Å². The zero-order valence-corrected chi connectivity index (χ0v) is 16.8. The van der Waals surface area contributed by atoms with Crippen molar-refractivity contribution in [2.45, 2.75) is 26.7 Å². The molecule has 1 aromatic carbocycles. The number of halogens is 1. The molecule has 1 heterocycles. The van der Waals surface area contributed by atoms with Gasteiger partial charge in [0, 0.05) is 10.4 Å². The van der Waals surface area contributed by atoms with Crippen molar-refractivity contribution in [1.82, 2.24) is 10.5 Å². The average molecular weight is 438 g/mol. The first-order chi connectivity index (χ1) is 12.8. The van der Waals surface area contributed by atoms with E-state index in [1.807, 2.05) is 19.9 Å². The van der Waals surface area contributed by atoms with E-state index in [9.17, 15) is 14.4 Å². The van der Waals surface area contributed by atoms with Crippen molar-refractivity contribution in [3.8, 4) is 0 Å². The molecule has 0 radical (unpaired) electrons. The number of nitrogens with one attached hydrogen (secondary N) is 2. The highest BCUT2D eigenvalue weighted by molar-refractivity contribution is 9.10. The maximum atomic E-state index is 12.2. The van der Waals surface area contributed by atoms with Gasteiger partial charge in [0.2, 0.25) is 5.91 Å². The zero-order valence-electron chi connectivity index (χ0n) is 15.2. The molecule has 0 saturated heterocycles. The lowest BCUT2D eigenvalue weighted by Crippen LogP contribution is -2.35. The standard InChI is InChI=1S/C18H20BrN3O5/c1-10(2)17-16(11(3)22-27-17)18(25)26-9-15(24)20-8-14(23)21-13-7-5-4-6-12(13)19/h4-7,10H,8-9H2,1-3H3,(H,20,24)(H,21,23). The molecule has 2 rings (SSSR count). The summed E-state index contributed by atoms with van der Waals surface area (Å²) < 4.78 is 10.8. The summed E-state index contributed by atoms with van der Waals surface area (Å²) in [5.41, 5.74) is 1.22. The number of hydrogen-bond donors (Lipinski definition) is 2. The third-order valence-electron chi connectivity index (χ3n) is 3.55. The van der Waals surface area contributed by atoms with Crippen LogP contribution in [0.25, 0.3) is 0 Å². The van der Waals surface area contributed by atoms with E-state index in [1.165, 1.54) is 0 Å². The van der Waals surface area contributed by atoms with E-state index >= 15 is 0 Å². The third kappa shape index (κ3) is 5.65. The van der Waals surface area contributed by atoms with Gasteiger partial charge in [0.25, 0.3) is 5.91 Å². The van der Waals surface area contributed by atoms with Gasteiger partial charge in [0.15, 0.2) is 12.4 Å². The second kappa shape index (κ2) is 9.31. The first-order valence-electron chi connectivity index (χ1n) is 8.24. The van der Waals surface area contributed by atoms with Crippen LogP contribution in [0.2, 0.25) is 0 Å². The number of aryl methyl sites for hydroxylation is 1. The number of carbonyl (C=O) groups is 3. The number of amides is 2. The van der Waals surface area contributed by atoms with Gasteiger partial charge in [-0.15, -0.1) is 0 Å². The van der Waals surface area contributed by atoms with Crippen molar-refractivity contribution in [3.05, 3.63) is 45.8 Å². The van der Waals surface area contributed by atoms with Crippen LogP contribution in [0, 0.1) is 6.92 Å². The number of nitrogens with zero attached hydrogens (tertiary/aromatic N) is 1. The second-order valence-corrected chi connectivity index (χ2v) is 6.90. The molecule has 2 aromatic rings. The van der Waals surface area contributed by atoms with E-state index in [4.69, 9.17) is 9.26 Å². The van der Waals surface area contributed by atoms with E-state index < -0.39 is 24.4 Å². The Morgan fingerprint density at radius 1 is 1.22 bits per heavy atom. The molecule has 2 N–H and O–H groups in total. The number of ether oxygens (including phenoxy) is 1. The van der Waals surface area contributed by atoms with Gasteiger partial charge in [-0.3, -0.25) is 9.59 Å². The van der Waals surface area contributed by atoms with Crippen LogP contribution in [-0.4, -0.2) is 36.1 Å². The fourth-order valence-electron chi connectivity index (χ4n) is 2.22. The summed E-state index contributed by atoms with van der Waals surface area (Å²) in [6.07, 6.45) is 0. The summed E-state index contributed by atoms with van der Waals surface area (Å²) in [5.74, 6) is -1.33. The lowest BCUT2D eigenvalue weighted by atomic mass is 10.1. The van der Waals surface area contributed by atoms with E-state index in [0.717, 1.165) is 4.47 Å². The van der Waals surface area contributed by atoms with Gasteiger partial charge >= 0.3 is 5.97 Å². The third-order valence-corrected chi connectivity index (χ3v) is 4.24. The molecular formula is C18H20BrN3O5. The molecule has 0 saturated carbocycles. The van der Waals surface area contributed by atoms with Gasteiger partial charge in [-0.2, -0.15) is 0 Å². The highest BCUT2D eigenvalue weighted by atomic mass is 79.9. The molecule has 0 fully saturated rings. The maximum Gasteiger partial charge on any atom is 0.344 e. The molecule has 0 unspecified atom stereocenters. The van der Waals surface area contributed by atoms with Crippen molar-refractivity contribution < 1.29 is 23.6 Å². The lowest BCUT2D eigenvalue weighted by Gasteiger charge is -2.09. The van der Waals surface area contributed by atoms with E-state index in [1.54, 1.807) is 25.1 Å². The Bertz CT molecular complexity index is 847.